The summed E-state index contributed by atoms with van der Waals surface area (Å²) in [5, 5.41) is 8.07. The van der Waals surface area contributed by atoms with Gasteiger partial charge in [0, 0.05) is 43.5 Å². The second-order valence-electron chi connectivity index (χ2n) is 8.71. The molecule has 0 bridgehead atoms. The first-order valence-electron chi connectivity index (χ1n) is 10.8. The Kier molecular flexibility index (Phi) is 5.96. The Bertz CT molecular complexity index is 1090. The average molecular weight is 449 g/mol. The molecule has 3 aromatic rings. The van der Waals surface area contributed by atoms with Crippen LogP contribution in [-0.2, 0) is 11.0 Å². The van der Waals surface area contributed by atoms with Crippen molar-refractivity contribution >= 4 is 17.0 Å². The van der Waals surface area contributed by atoms with Crippen molar-refractivity contribution in [1.82, 2.24) is 24.8 Å². The van der Waals surface area contributed by atoms with Crippen molar-refractivity contribution in [1.29, 1.82) is 0 Å². The van der Waals surface area contributed by atoms with Gasteiger partial charge in [-0.25, -0.2) is 4.98 Å². The summed E-state index contributed by atoms with van der Waals surface area (Å²) in [5.74, 6) is -0.586. The molecule has 32 heavy (non-hydrogen) atoms. The molecule has 3 aromatic heterocycles. The number of carbonyl (C=O) groups is 1. The van der Waals surface area contributed by atoms with Crippen LogP contribution in [0.15, 0.2) is 29.0 Å². The van der Waals surface area contributed by atoms with Crippen LogP contribution in [0.3, 0.4) is 0 Å². The highest BCUT2D eigenvalue weighted by Gasteiger charge is 2.38. The van der Waals surface area contributed by atoms with Crippen LogP contribution in [0.2, 0.25) is 0 Å². The van der Waals surface area contributed by atoms with Crippen molar-refractivity contribution in [2.75, 3.05) is 13.1 Å². The van der Waals surface area contributed by atoms with Gasteiger partial charge in [-0.05, 0) is 37.8 Å². The molecule has 0 spiro atoms. The van der Waals surface area contributed by atoms with Crippen molar-refractivity contribution in [2.24, 2.45) is 0 Å². The van der Waals surface area contributed by atoms with Gasteiger partial charge in [-0.15, -0.1) is 0 Å². The largest absolute Gasteiger partial charge is 0.417 e. The minimum Gasteiger partial charge on any atom is -0.342 e. The molecule has 10 heteroatoms. The van der Waals surface area contributed by atoms with Crippen LogP contribution in [0.25, 0.3) is 11.1 Å². The molecule has 2 atom stereocenters. The quantitative estimate of drug-likeness (QED) is 0.553. The van der Waals surface area contributed by atoms with Crippen LogP contribution >= 0.6 is 0 Å². The Morgan fingerprint density at radius 1 is 1.31 bits per heavy atom. The lowest BCUT2D eigenvalue weighted by atomic mass is 9.91. The van der Waals surface area contributed by atoms with Crippen molar-refractivity contribution < 1.29 is 22.5 Å². The van der Waals surface area contributed by atoms with Gasteiger partial charge in [-0.3, -0.25) is 9.48 Å². The average Bonchev–Trinajstić information content (AvgIpc) is 3.42. The summed E-state index contributed by atoms with van der Waals surface area (Å²) in [6, 6.07) is 2.77. The second-order valence-corrected chi connectivity index (χ2v) is 8.71. The fourth-order valence-electron chi connectivity index (χ4n) is 4.23. The standard InChI is InChI=1S/C22H26F3N5O2/c1-13(2)17-11-16(22(23,24)25)19-20(28-32-21(19)27-17)15-6-4-8-29(12-15)18(31)10-14(3)30-9-5-7-26-30/h5,7,9,11,13-15H,4,6,8,10,12H2,1-3H3/t14-,15+/m1/s1. The van der Waals surface area contributed by atoms with E-state index in [4.69, 9.17) is 4.52 Å². The first-order valence-corrected chi connectivity index (χ1v) is 10.8. The Hall–Kier alpha value is -2.91. The number of rotatable bonds is 5. The zero-order valence-electron chi connectivity index (χ0n) is 18.3. The summed E-state index contributed by atoms with van der Waals surface area (Å²) in [6.45, 7) is 6.33. The number of hydrogen-bond donors (Lipinski definition) is 0. The molecule has 1 saturated heterocycles. The minimum atomic E-state index is -4.56. The molecule has 0 aliphatic carbocycles. The topological polar surface area (TPSA) is 77.0 Å². The number of hydrogen-bond acceptors (Lipinski definition) is 5. The number of alkyl halides is 3. The van der Waals surface area contributed by atoms with E-state index in [9.17, 15) is 18.0 Å². The van der Waals surface area contributed by atoms with Gasteiger partial charge < -0.3 is 9.42 Å². The lowest BCUT2D eigenvalue weighted by Gasteiger charge is -2.32. The van der Waals surface area contributed by atoms with Crippen molar-refractivity contribution in [3.63, 3.8) is 0 Å². The maximum atomic E-state index is 13.9. The number of halogens is 3. The number of nitrogens with zero attached hydrogens (tertiary/aromatic N) is 5. The highest BCUT2D eigenvalue weighted by atomic mass is 19.4. The predicted octanol–water partition coefficient (Wildman–Crippen LogP) is 4.92. The normalized spacial score (nSPS) is 18.5. The molecule has 0 radical (unpaired) electrons. The Morgan fingerprint density at radius 2 is 2.09 bits per heavy atom. The molecule has 4 rings (SSSR count). The van der Waals surface area contributed by atoms with Gasteiger partial charge in [0.1, 0.15) is 0 Å². The van der Waals surface area contributed by atoms with Crippen molar-refractivity contribution in [3.8, 4) is 0 Å². The third-order valence-corrected chi connectivity index (χ3v) is 6.00. The Labute approximate surface area is 183 Å². The van der Waals surface area contributed by atoms with Gasteiger partial charge in [-0.1, -0.05) is 19.0 Å². The number of amides is 1. The molecule has 1 aliphatic heterocycles. The molecule has 0 aromatic carbocycles. The second kappa shape index (κ2) is 8.55. The molecular weight excluding hydrogens is 423 g/mol. The van der Waals surface area contributed by atoms with Crippen LogP contribution < -0.4 is 0 Å². The smallest absolute Gasteiger partial charge is 0.342 e. The van der Waals surface area contributed by atoms with E-state index in [1.165, 1.54) is 0 Å². The van der Waals surface area contributed by atoms with Gasteiger partial charge in [0.15, 0.2) is 0 Å². The van der Waals surface area contributed by atoms with Crippen LogP contribution in [0.1, 0.15) is 74.9 Å². The number of piperidine rings is 1. The molecule has 0 saturated carbocycles. The summed E-state index contributed by atoms with van der Waals surface area (Å²) < 4.78 is 48.7. The van der Waals surface area contributed by atoms with E-state index in [-0.39, 0.29) is 47.0 Å². The zero-order valence-corrected chi connectivity index (χ0v) is 18.3. The molecule has 7 nitrogen and oxygen atoms in total. The summed E-state index contributed by atoms with van der Waals surface area (Å²) in [7, 11) is 0. The summed E-state index contributed by atoms with van der Waals surface area (Å²) in [5.41, 5.74) is -0.346. The van der Waals surface area contributed by atoms with Gasteiger partial charge in [0.05, 0.1) is 22.7 Å². The van der Waals surface area contributed by atoms with Crippen LogP contribution in [0, 0.1) is 0 Å². The molecule has 1 amide bonds. The fraction of sp³-hybridized carbons (Fsp3) is 0.545. The van der Waals surface area contributed by atoms with Gasteiger partial charge in [0.2, 0.25) is 5.91 Å². The van der Waals surface area contributed by atoms with E-state index in [2.05, 4.69) is 15.2 Å². The maximum absolute atomic E-state index is 13.9. The van der Waals surface area contributed by atoms with Crippen LogP contribution in [0.5, 0.6) is 0 Å². The first kappa shape index (κ1) is 22.3. The maximum Gasteiger partial charge on any atom is 0.417 e. The molecule has 1 aliphatic rings. The number of likely N-dealkylation sites (tertiary alicyclic amines) is 1. The van der Waals surface area contributed by atoms with Gasteiger partial charge >= 0.3 is 6.18 Å². The molecule has 0 N–H and O–H groups in total. The Balaban J connectivity index is 1.60. The number of pyridine rings is 1. The SMILES string of the molecule is CC(C)c1cc(C(F)(F)F)c2c([C@H]3CCCN(C(=O)C[C@@H](C)n4cccn4)C3)noc2n1. The van der Waals surface area contributed by atoms with Gasteiger partial charge in [0.25, 0.3) is 5.71 Å². The molecule has 0 unspecified atom stereocenters. The van der Waals surface area contributed by atoms with E-state index in [1.807, 2.05) is 6.92 Å². The summed E-state index contributed by atoms with van der Waals surface area (Å²) in [4.78, 5) is 18.9. The molecular formula is C22H26F3N5O2. The first-order chi connectivity index (χ1) is 15.1. The summed E-state index contributed by atoms with van der Waals surface area (Å²) in [6.07, 6.45) is 0.471. The van der Waals surface area contributed by atoms with Crippen LogP contribution in [0.4, 0.5) is 13.2 Å². The van der Waals surface area contributed by atoms with Crippen molar-refractivity contribution in [2.45, 2.75) is 64.1 Å². The fourth-order valence-corrected chi connectivity index (χ4v) is 4.23. The van der Waals surface area contributed by atoms with E-state index in [0.29, 0.717) is 31.6 Å². The lowest BCUT2D eigenvalue weighted by molar-refractivity contribution is -0.136. The predicted molar refractivity (Wildman–Crippen MR) is 111 cm³/mol. The minimum absolute atomic E-state index is 0.0539. The van der Waals surface area contributed by atoms with Crippen LogP contribution in [-0.4, -0.2) is 43.8 Å². The summed E-state index contributed by atoms with van der Waals surface area (Å²) >= 11 is 0. The monoisotopic (exact) mass is 449 g/mol. The molecule has 172 valence electrons. The number of aromatic nitrogens is 4. The molecule has 1 fully saturated rings. The molecule has 4 heterocycles. The van der Waals surface area contributed by atoms with Gasteiger partial charge in [-0.2, -0.15) is 18.3 Å². The third-order valence-electron chi connectivity index (χ3n) is 6.00. The van der Waals surface area contributed by atoms with Crippen molar-refractivity contribution in [3.05, 3.63) is 41.5 Å². The Morgan fingerprint density at radius 3 is 2.75 bits per heavy atom. The van der Waals surface area contributed by atoms with E-state index in [0.717, 1.165) is 6.07 Å². The number of carbonyl (C=O) groups excluding carboxylic acids is 1. The van der Waals surface area contributed by atoms with E-state index >= 15 is 0 Å². The third kappa shape index (κ3) is 4.35. The zero-order chi connectivity index (χ0) is 23.0. The lowest BCUT2D eigenvalue weighted by Crippen LogP contribution is -2.40. The number of fused-ring (bicyclic) bond motifs is 1. The van der Waals surface area contributed by atoms with E-state index in [1.54, 1.807) is 41.9 Å². The highest BCUT2D eigenvalue weighted by molar-refractivity contribution is 5.82. The highest BCUT2D eigenvalue weighted by Crippen LogP contribution is 2.40. The van der Waals surface area contributed by atoms with E-state index < -0.39 is 11.7 Å².